The molecule has 0 saturated heterocycles. The van der Waals surface area contributed by atoms with Crippen LogP contribution in [0.2, 0.25) is 0 Å². The van der Waals surface area contributed by atoms with Gasteiger partial charge in [-0.3, -0.25) is 0 Å². The van der Waals surface area contributed by atoms with Crippen LogP contribution < -0.4 is 0 Å². The van der Waals surface area contributed by atoms with Crippen molar-refractivity contribution in [1.82, 2.24) is 0 Å². The predicted molar refractivity (Wildman–Crippen MR) is 155 cm³/mol. The first-order valence-electron chi connectivity index (χ1n) is 15.2. The van der Waals surface area contributed by atoms with E-state index in [0.29, 0.717) is 0 Å². The Balaban J connectivity index is 1.25. The summed E-state index contributed by atoms with van der Waals surface area (Å²) in [5, 5.41) is 0. The molecule has 0 spiro atoms. The molecule has 1 fully saturated rings. The Bertz CT molecular complexity index is 877. The van der Waals surface area contributed by atoms with Crippen LogP contribution >= 0.6 is 0 Å². The van der Waals surface area contributed by atoms with Crippen molar-refractivity contribution in [3.8, 4) is 11.1 Å². The summed E-state index contributed by atoms with van der Waals surface area (Å²) in [4.78, 5) is 0. The van der Waals surface area contributed by atoms with E-state index in [0.717, 1.165) is 17.8 Å². The molecule has 2 aromatic rings. The van der Waals surface area contributed by atoms with E-state index in [1.807, 2.05) is 0 Å². The van der Waals surface area contributed by atoms with Gasteiger partial charge in [0.05, 0.1) is 0 Å². The maximum Gasteiger partial charge on any atom is -0.0162 e. The smallest absolute Gasteiger partial charge is 0.0162 e. The van der Waals surface area contributed by atoms with Crippen molar-refractivity contribution in [3.05, 3.63) is 65.7 Å². The number of unbranched alkanes of at least 4 members (excludes halogenated alkanes) is 5. The van der Waals surface area contributed by atoms with E-state index >= 15 is 0 Å². The molecule has 0 radical (unpaired) electrons. The standard InChI is InChI=1S/C35H50/c1-3-5-7-8-9-11-29-14-18-31(19-15-29)33-22-26-35(27-23-33)34-24-20-32(21-25-34)30-16-12-28(13-17-30)10-6-4-2/h16,20-29,31H,3-15,17-19H2,1-2H3. The quantitative estimate of drug-likeness (QED) is 0.270. The summed E-state index contributed by atoms with van der Waals surface area (Å²) < 4.78 is 0. The maximum absolute atomic E-state index is 2.52. The van der Waals surface area contributed by atoms with Gasteiger partial charge < -0.3 is 0 Å². The molecule has 0 nitrogen and oxygen atoms in total. The third-order valence-electron chi connectivity index (χ3n) is 9.02. The molecule has 35 heavy (non-hydrogen) atoms. The van der Waals surface area contributed by atoms with E-state index in [1.54, 1.807) is 11.1 Å². The molecule has 190 valence electrons. The summed E-state index contributed by atoms with van der Waals surface area (Å²) in [5.74, 6) is 2.69. The minimum absolute atomic E-state index is 0.780. The Morgan fingerprint density at radius 3 is 1.80 bits per heavy atom. The lowest BCUT2D eigenvalue weighted by Crippen LogP contribution is -2.13. The lowest BCUT2D eigenvalue weighted by molar-refractivity contribution is 0.302. The van der Waals surface area contributed by atoms with Crippen molar-refractivity contribution in [2.45, 2.75) is 122 Å². The molecule has 0 amide bonds. The molecule has 0 heterocycles. The van der Waals surface area contributed by atoms with E-state index < -0.39 is 0 Å². The van der Waals surface area contributed by atoms with Crippen LogP contribution in [0.3, 0.4) is 0 Å². The van der Waals surface area contributed by atoms with Gasteiger partial charge in [0.2, 0.25) is 0 Å². The molecule has 2 aromatic carbocycles. The molecule has 0 N–H and O–H groups in total. The molecule has 1 atom stereocenters. The van der Waals surface area contributed by atoms with Crippen LogP contribution in [0.25, 0.3) is 16.7 Å². The van der Waals surface area contributed by atoms with Gasteiger partial charge in [-0.15, -0.1) is 0 Å². The van der Waals surface area contributed by atoms with Gasteiger partial charge >= 0.3 is 0 Å². The van der Waals surface area contributed by atoms with Gasteiger partial charge in [0.15, 0.2) is 0 Å². The first kappa shape index (κ1) is 26.2. The van der Waals surface area contributed by atoms with Gasteiger partial charge in [0.1, 0.15) is 0 Å². The first-order valence-corrected chi connectivity index (χ1v) is 15.2. The fourth-order valence-corrected chi connectivity index (χ4v) is 6.55. The van der Waals surface area contributed by atoms with Gasteiger partial charge in [-0.1, -0.05) is 126 Å². The largest absolute Gasteiger partial charge is 0.0804 e. The Morgan fingerprint density at radius 2 is 1.17 bits per heavy atom. The molecular weight excluding hydrogens is 420 g/mol. The second-order valence-electron chi connectivity index (χ2n) is 11.6. The van der Waals surface area contributed by atoms with Crippen molar-refractivity contribution in [3.63, 3.8) is 0 Å². The van der Waals surface area contributed by atoms with E-state index in [2.05, 4.69) is 68.5 Å². The molecule has 4 rings (SSSR count). The summed E-state index contributed by atoms with van der Waals surface area (Å²) in [7, 11) is 0. The van der Waals surface area contributed by atoms with Crippen molar-refractivity contribution in [1.29, 1.82) is 0 Å². The average molecular weight is 471 g/mol. The molecule has 0 aliphatic heterocycles. The number of rotatable bonds is 12. The summed E-state index contributed by atoms with van der Waals surface area (Å²) in [5.41, 5.74) is 7.28. The number of allylic oxidation sites excluding steroid dienone is 2. The fourth-order valence-electron chi connectivity index (χ4n) is 6.55. The zero-order chi connectivity index (χ0) is 24.3. The Kier molecular flexibility index (Phi) is 10.5. The summed E-state index contributed by atoms with van der Waals surface area (Å²) >= 11 is 0. The number of hydrogen-bond donors (Lipinski definition) is 0. The monoisotopic (exact) mass is 470 g/mol. The van der Waals surface area contributed by atoms with Gasteiger partial charge in [0, 0.05) is 0 Å². The van der Waals surface area contributed by atoms with Crippen molar-refractivity contribution in [2.75, 3.05) is 0 Å². The second kappa shape index (κ2) is 14.1. The van der Waals surface area contributed by atoms with Crippen LogP contribution in [-0.2, 0) is 0 Å². The van der Waals surface area contributed by atoms with Crippen LogP contribution in [0.15, 0.2) is 54.6 Å². The SMILES string of the molecule is CCCCCCCC1CCC(c2ccc(-c3ccc(C4=CCC(CCCC)CC4)cc3)cc2)CC1. The fraction of sp³-hybridized carbons (Fsp3) is 0.600. The molecule has 2 aliphatic rings. The highest BCUT2D eigenvalue weighted by atomic mass is 14.3. The Morgan fingerprint density at radius 1 is 0.571 bits per heavy atom. The van der Waals surface area contributed by atoms with Crippen LogP contribution in [0.1, 0.15) is 134 Å². The van der Waals surface area contributed by atoms with E-state index in [1.165, 1.54) is 119 Å². The number of benzene rings is 2. The molecule has 0 bridgehead atoms. The Hall–Kier alpha value is -1.82. The molecule has 1 unspecified atom stereocenters. The first-order chi connectivity index (χ1) is 17.3. The zero-order valence-corrected chi connectivity index (χ0v) is 22.7. The number of hydrogen-bond acceptors (Lipinski definition) is 0. The van der Waals surface area contributed by atoms with Crippen LogP contribution in [0.4, 0.5) is 0 Å². The van der Waals surface area contributed by atoms with Crippen molar-refractivity contribution >= 4 is 5.57 Å². The Labute approximate surface area is 216 Å². The van der Waals surface area contributed by atoms with Crippen molar-refractivity contribution < 1.29 is 0 Å². The normalized spacial score (nSPS) is 22.7. The van der Waals surface area contributed by atoms with Crippen LogP contribution in [-0.4, -0.2) is 0 Å². The molecule has 1 saturated carbocycles. The summed E-state index contributed by atoms with van der Waals surface area (Å²) in [6.07, 6.45) is 24.8. The second-order valence-corrected chi connectivity index (χ2v) is 11.6. The predicted octanol–water partition coefficient (Wildman–Crippen LogP) is 11.4. The van der Waals surface area contributed by atoms with E-state index in [4.69, 9.17) is 0 Å². The van der Waals surface area contributed by atoms with Gasteiger partial charge in [-0.2, -0.15) is 0 Å². The van der Waals surface area contributed by atoms with E-state index in [-0.39, 0.29) is 0 Å². The molecular formula is C35H50. The lowest BCUT2D eigenvalue weighted by Gasteiger charge is -2.29. The van der Waals surface area contributed by atoms with Gasteiger partial charge in [-0.05, 0) is 90.5 Å². The summed E-state index contributed by atoms with van der Waals surface area (Å²) in [6, 6.07) is 18.9. The maximum atomic E-state index is 2.52. The minimum atomic E-state index is 0.780. The highest BCUT2D eigenvalue weighted by Gasteiger charge is 2.22. The highest BCUT2D eigenvalue weighted by Crippen LogP contribution is 2.38. The third kappa shape index (κ3) is 7.83. The molecule has 0 heteroatoms. The molecule has 0 aromatic heterocycles. The highest BCUT2D eigenvalue weighted by molar-refractivity contribution is 5.71. The van der Waals surface area contributed by atoms with Gasteiger partial charge in [0.25, 0.3) is 0 Å². The van der Waals surface area contributed by atoms with Crippen LogP contribution in [0, 0.1) is 11.8 Å². The van der Waals surface area contributed by atoms with E-state index in [9.17, 15) is 0 Å². The zero-order valence-electron chi connectivity index (χ0n) is 22.7. The summed E-state index contributed by atoms with van der Waals surface area (Å²) in [6.45, 7) is 4.61. The third-order valence-corrected chi connectivity index (χ3v) is 9.02. The van der Waals surface area contributed by atoms with Gasteiger partial charge in [-0.25, -0.2) is 0 Å². The van der Waals surface area contributed by atoms with Crippen molar-refractivity contribution in [2.24, 2.45) is 11.8 Å². The molecule has 2 aliphatic carbocycles. The minimum Gasteiger partial charge on any atom is -0.0804 e. The topological polar surface area (TPSA) is 0 Å². The van der Waals surface area contributed by atoms with Crippen LogP contribution in [0.5, 0.6) is 0 Å². The average Bonchev–Trinajstić information content (AvgIpc) is 2.93. The lowest BCUT2D eigenvalue weighted by atomic mass is 9.77.